The van der Waals surface area contributed by atoms with Crippen LogP contribution in [-0.2, 0) is 15.5 Å². The first-order valence-corrected chi connectivity index (χ1v) is 5.50. The maximum atomic E-state index is 9.91. The van der Waals surface area contributed by atoms with Crippen molar-refractivity contribution in [2.45, 2.75) is 52.9 Å². The first-order valence-electron chi connectivity index (χ1n) is 4.50. The third kappa shape index (κ3) is 14.9. The van der Waals surface area contributed by atoms with Gasteiger partial charge in [0.25, 0.3) is 0 Å². The summed E-state index contributed by atoms with van der Waals surface area (Å²) in [5, 5.41) is 0. The van der Waals surface area contributed by atoms with Crippen molar-refractivity contribution >= 4 is 11.4 Å². The van der Waals surface area contributed by atoms with Crippen LogP contribution in [0.2, 0.25) is 0 Å². The minimum Gasteiger partial charge on any atom is -0.750 e. The zero-order valence-electron chi connectivity index (χ0n) is 7.58. The molecule has 0 aromatic heterocycles. The lowest BCUT2D eigenvalue weighted by Crippen LogP contribution is -1.97. The monoisotopic (exact) mass is 209 g/mol. The second-order valence-corrected chi connectivity index (χ2v) is 3.44. The van der Waals surface area contributed by atoms with E-state index in [0.29, 0.717) is 6.61 Å². The summed E-state index contributed by atoms with van der Waals surface area (Å²) in [6.07, 6.45) is 6.85. The summed E-state index contributed by atoms with van der Waals surface area (Å²) in [4.78, 5) is 0. The minimum absolute atomic E-state index is 0. The lowest BCUT2D eigenvalue weighted by atomic mass is 10.1. The summed E-state index contributed by atoms with van der Waals surface area (Å²) in [6, 6.07) is 0. The maximum absolute atomic E-state index is 9.91. The van der Waals surface area contributed by atoms with Crippen LogP contribution >= 0.6 is 0 Å². The maximum Gasteiger partial charge on any atom is 0.0842 e. The van der Waals surface area contributed by atoms with Gasteiger partial charge in [0.1, 0.15) is 0 Å². The first kappa shape index (κ1) is 15.5. The smallest absolute Gasteiger partial charge is 0.0842 e. The van der Waals surface area contributed by atoms with Gasteiger partial charge in [-0.2, -0.15) is 0 Å². The molecule has 0 bridgehead atoms. The van der Waals surface area contributed by atoms with E-state index < -0.39 is 11.4 Å². The van der Waals surface area contributed by atoms with Crippen LogP contribution < -0.4 is 0 Å². The molecule has 0 saturated carbocycles. The molecule has 0 aromatic rings. The van der Waals surface area contributed by atoms with Crippen LogP contribution in [0.3, 0.4) is 0 Å². The van der Waals surface area contributed by atoms with Crippen molar-refractivity contribution in [3.05, 3.63) is 0 Å². The van der Waals surface area contributed by atoms with Crippen molar-refractivity contribution in [2.75, 3.05) is 6.61 Å². The number of hydrogen-bond acceptors (Lipinski definition) is 3. The highest BCUT2D eigenvalue weighted by atomic mass is 32.2. The van der Waals surface area contributed by atoms with Gasteiger partial charge >= 0.3 is 0 Å². The molecule has 0 heterocycles. The second kappa shape index (κ2) is 12.1. The summed E-state index contributed by atoms with van der Waals surface area (Å²) in [5.74, 6) is 0. The van der Waals surface area contributed by atoms with Crippen molar-refractivity contribution < 1.29 is 12.9 Å². The van der Waals surface area contributed by atoms with Crippen LogP contribution in [0.25, 0.3) is 0 Å². The number of rotatable bonds is 8. The molecule has 13 heavy (non-hydrogen) atoms. The molecule has 0 saturated heterocycles. The fourth-order valence-corrected chi connectivity index (χ4v) is 1.26. The molecule has 3 nitrogen and oxygen atoms in total. The molecule has 1 unspecified atom stereocenters. The summed E-state index contributed by atoms with van der Waals surface area (Å²) >= 11 is -2.32. The van der Waals surface area contributed by atoms with Crippen LogP contribution in [0.15, 0.2) is 0 Å². The van der Waals surface area contributed by atoms with Gasteiger partial charge in [-0.3, -0.25) is 0 Å². The normalized spacial score (nSPS) is 12.2. The van der Waals surface area contributed by atoms with E-state index in [2.05, 4.69) is 11.1 Å². The van der Waals surface area contributed by atoms with Crippen LogP contribution in [0.1, 0.15) is 52.9 Å². The molecule has 0 aromatic carbocycles. The van der Waals surface area contributed by atoms with Crippen molar-refractivity contribution in [1.82, 2.24) is 0 Å². The third-order valence-corrected chi connectivity index (χ3v) is 2.04. The molecule has 0 aliphatic carbocycles. The molecule has 0 radical (unpaired) electrons. The molecule has 0 fully saturated rings. The molecule has 82 valence electrons. The molecule has 4 heteroatoms. The van der Waals surface area contributed by atoms with Gasteiger partial charge < -0.3 is 8.74 Å². The zero-order valence-corrected chi connectivity index (χ0v) is 8.40. The Hall–Kier alpha value is 0.0700. The molecule has 1 atom stereocenters. The second-order valence-electron chi connectivity index (χ2n) is 2.79. The van der Waals surface area contributed by atoms with E-state index in [1.165, 1.54) is 25.7 Å². The van der Waals surface area contributed by atoms with Gasteiger partial charge in [-0.05, 0) is 6.42 Å². The largest absolute Gasteiger partial charge is 0.750 e. The molecule has 0 aliphatic heterocycles. The highest BCUT2D eigenvalue weighted by Crippen LogP contribution is 2.04. The van der Waals surface area contributed by atoms with Gasteiger partial charge in [0.05, 0.1) is 18.0 Å². The van der Waals surface area contributed by atoms with Crippen molar-refractivity contribution in [3.63, 3.8) is 0 Å². The number of hydrogen-bond donors (Lipinski definition) is 0. The van der Waals surface area contributed by atoms with Crippen molar-refractivity contribution in [3.8, 4) is 0 Å². The van der Waals surface area contributed by atoms with Crippen LogP contribution in [0, 0.1) is 0 Å². The zero-order chi connectivity index (χ0) is 9.23. The average molecular weight is 209 g/mol. The van der Waals surface area contributed by atoms with Gasteiger partial charge in [0, 0.05) is 0 Å². The predicted molar refractivity (Wildman–Crippen MR) is 55.0 cm³/mol. The van der Waals surface area contributed by atoms with E-state index in [0.717, 1.165) is 12.8 Å². The van der Waals surface area contributed by atoms with Crippen LogP contribution in [0.5, 0.6) is 0 Å². The molecule has 0 N–H and O–H groups in total. The Morgan fingerprint density at radius 3 is 2.23 bits per heavy atom. The Labute approximate surface area is 84.4 Å². The highest BCUT2D eigenvalue weighted by Gasteiger charge is 1.90. The Morgan fingerprint density at radius 1 is 1.15 bits per heavy atom. The molecule has 0 rings (SSSR count). The molecule has 0 amide bonds. The van der Waals surface area contributed by atoms with Gasteiger partial charge in [0.15, 0.2) is 0 Å². The molecule has 0 spiro atoms. The van der Waals surface area contributed by atoms with E-state index in [-0.39, 0.29) is 7.43 Å². The molecule has 0 aliphatic rings. The van der Waals surface area contributed by atoms with Crippen molar-refractivity contribution in [2.24, 2.45) is 0 Å². The Morgan fingerprint density at radius 2 is 1.69 bits per heavy atom. The van der Waals surface area contributed by atoms with Gasteiger partial charge in [-0.1, -0.05) is 46.5 Å². The van der Waals surface area contributed by atoms with Gasteiger partial charge in [-0.25, -0.2) is 4.21 Å². The summed E-state index contributed by atoms with van der Waals surface area (Å²) in [5.41, 5.74) is 0. The standard InChI is InChI=1S/C8H18O3S.CH4/c1-2-3-4-5-6-7-8-11-12(9)10;/h2-8H2,1H3,(H,9,10);1H4/p-1. The fraction of sp³-hybridized carbons (Fsp3) is 1.00. The summed E-state index contributed by atoms with van der Waals surface area (Å²) in [6.45, 7) is 2.51. The minimum atomic E-state index is -2.32. The molecular formula is C9H21O3S-. The molecular weight excluding hydrogens is 188 g/mol. The van der Waals surface area contributed by atoms with E-state index in [1.807, 2.05) is 0 Å². The topological polar surface area (TPSA) is 49.4 Å². The average Bonchev–Trinajstić information content (AvgIpc) is 2.02. The predicted octanol–water partition coefficient (Wildman–Crippen LogP) is 2.79. The van der Waals surface area contributed by atoms with E-state index in [4.69, 9.17) is 0 Å². The Bertz CT molecular complexity index is 117. The SMILES string of the molecule is C.CCCCCCCCOS(=O)[O-]. The number of unbranched alkanes of at least 4 members (excludes halogenated alkanes) is 5. The van der Waals surface area contributed by atoms with E-state index in [9.17, 15) is 8.76 Å². The van der Waals surface area contributed by atoms with Crippen LogP contribution in [-0.4, -0.2) is 15.4 Å². The Balaban J connectivity index is 0. The highest BCUT2D eigenvalue weighted by molar-refractivity contribution is 7.74. The lowest BCUT2D eigenvalue weighted by Gasteiger charge is -2.04. The van der Waals surface area contributed by atoms with Crippen molar-refractivity contribution in [1.29, 1.82) is 0 Å². The fourth-order valence-electron chi connectivity index (χ4n) is 1.01. The van der Waals surface area contributed by atoms with Crippen LogP contribution in [0.4, 0.5) is 0 Å². The Kier molecular flexibility index (Phi) is 14.4. The third-order valence-electron chi connectivity index (χ3n) is 1.68. The van der Waals surface area contributed by atoms with Gasteiger partial charge in [0.2, 0.25) is 0 Å². The first-order chi connectivity index (χ1) is 5.77. The van der Waals surface area contributed by atoms with E-state index in [1.54, 1.807) is 0 Å². The summed E-state index contributed by atoms with van der Waals surface area (Å²) in [7, 11) is 0. The van der Waals surface area contributed by atoms with Gasteiger partial charge in [-0.15, -0.1) is 0 Å². The lowest BCUT2D eigenvalue weighted by molar-refractivity contribution is 0.291. The quantitative estimate of drug-likeness (QED) is 0.456. The summed E-state index contributed by atoms with van der Waals surface area (Å²) < 4.78 is 24.2. The van der Waals surface area contributed by atoms with E-state index >= 15 is 0 Å².